The van der Waals surface area contributed by atoms with Gasteiger partial charge in [-0.15, -0.1) is 0 Å². The van der Waals surface area contributed by atoms with Crippen molar-refractivity contribution in [1.82, 2.24) is 4.98 Å². The first kappa shape index (κ1) is 17.3. The van der Waals surface area contributed by atoms with E-state index in [0.29, 0.717) is 6.04 Å². The van der Waals surface area contributed by atoms with Gasteiger partial charge in [0.25, 0.3) is 0 Å². The zero-order chi connectivity index (χ0) is 16.5. The Morgan fingerprint density at radius 3 is 2.52 bits per heavy atom. The van der Waals surface area contributed by atoms with E-state index in [2.05, 4.69) is 54.6 Å². The molecule has 0 bridgehead atoms. The van der Waals surface area contributed by atoms with Gasteiger partial charge in [0.15, 0.2) is 0 Å². The van der Waals surface area contributed by atoms with Crippen LogP contribution in [0.15, 0.2) is 42.6 Å². The third-order valence-electron chi connectivity index (χ3n) is 4.01. The fraction of sp³-hybridized carbons (Fsp3) is 0.450. The minimum absolute atomic E-state index is 0.464. The van der Waals surface area contributed by atoms with Crippen molar-refractivity contribution in [3.05, 3.63) is 48.2 Å². The van der Waals surface area contributed by atoms with Crippen LogP contribution in [-0.4, -0.2) is 11.0 Å². The summed E-state index contributed by atoms with van der Waals surface area (Å²) in [5.74, 6) is 0.992. The monoisotopic (exact) mass is 311 g/mol. The van der Waals surface area contributed by atoms with Crippen LogP contribution in [0.1, 0.15) is 51.5 Å². The number of aryl methyl sites for hydroxylation is 1. The van der Waals surface area contributed by atoms with Gasteiger partial charge in [-0.2, -0.15) is 0 Å². The second kappa shape index (κ2) is 9.19. The quantitative estimate of drug-likeness (QED) is 0.566. The van der Waals surface area contributed by atoms with Gasteiger partial charge in [-0.25, -0.2) is 4.98 Å². The van der Waals surface area contributed by atoms with E-state index >= 15 is 0 Å². The minimum atomic E-state index is 0.464. The Morgan fingerprint density at radius 2 is 1.83 bits per heavy atom. The molecule has 3 nitrogen and oxygen atoms in total. The summed E-state index contributed by atoms with van der Waals surface area (Å²) < 4.78 is 0. The summed E-state index contributed by atoms with van der Waals surface area (Å²) in [6.07, 6.45) is 8.34. The zero-order valence-corrected chi connectivity index (χ0v) is 14.6. The van der Waals surface area contributed by atoms with Crippen LogP contribution >= 0.6 is 0 Å². The first-order valence-corrected chi connectivity index (χ1v) is 8.74. The molecular weight excluding hydrogens is 282 g/mol. The Morgan fingerprint density at radius 1 is 1.04 bits per heavy atom. The topological polar surface area (TPSA) is 37.0 Å². The highest BCUT2D eigenvalue weighted by Crippen LogP contribution is 2.21. The normalized spacial score (nSPS) is 12.0. The number of pyridine rings is 1. The van der Waals surface area contributed by atoms with E-state index in [-0.39, 0.29) is 0 Å². The van der Waals surface area contributed by atoms with Gasteiger partial charge in [0.05, 0.1) is 11.9 Å². The van der Waals surface area contributed by atoms with Gasteiger partial charge in [-0.05, 0) is 44.0 Å². The highest BCUT2D eigenvalue weighted by molar-refractivity contribution is 5.62. The second-order valence-electron chi connectivity index (χ2n) is 6.28. The second-order valence-corrected chi connectivity index (χ2v) is 6.28. The number of hydrogen-bond acceptors (Lipinski definition) is 3. The Labute approximate surface area is 140 Å². The van der Waals surface area contributed by atoms with Gasteiger partial charge in [0.1, 0.15) is 5.82 Å². The molecule has 124 valence electrons. The molecule has 0 aliphatic rings. The maximum absolute atomic E-state index is 4.59. The van der Waals surface area contributed by atoms with Gasteiger partial charge in [-0.3, -0.25) is 0 Å². The Bertz CT molecular complexity index is 581. The third-order valence-corrected chi connectivity index (χ3v) is 4.01. The largest absolute Gasteiger partial charge is 0.367 e. The molecule has 2 N–H and O–H groups in total. The molecule has 0 aliphatic heterocycles. The molecule has 2 aromatic rings. The Kier molecular flexibility index (Phi) is 6.92. The maximum atomic E-state index is 4.59. The van der Waals surface area contributed by atoms with E-state index in [4.69, 9.17) is 0 Å². The van der Waals surface area contributed by atoms with Crippen LogP contribution in [0.3, 0.4) is 0 Å². The van der Waals surface area contributed by atoms with Crippen molar-refractivity contribution in [1.29, 1.82) is 0 Å². The number of nitrogens with one attached hydrogen (secondary N) is 2. The van der Waals surface area contributed by atoms with Gasteiger partial charge >= 0.3 is 0 Å². The zero-order valence-electron chi connectivity index (χ0n) is 14.6. The van der Waals surface area contributed by atoms with Crippen LogP contribution in [0.4, 0.5) is 17.2 Å². The molecule has 1 unspecified atom stereocenters. The lowest BCUT2D eigenvalue weighted by Gasteiger charge is -2.17. The lowest BCUT2D eigenvalue weighted by molar-refractivity contribution is 0.593. The summed E-state index contributed by atoms with van der Waals surface area (Å²) in [6, 6.07) is 12.8. The summed E-state index contributed by atoms with van der Waals surface area (Å²) in [6.45, 7) is 6.60. The van der Waals surface area contributed by atoms with Crippen molar-refractivity contribution in [3.8, 4) is 0 Å². The van der Waals surface area contributed by atoms with E-state index in [1.807, 2.05) is 24.4 Å². The molecule has 0 radical (unpaired) electrons. The molecule has 0 saturated carbocycles. The number of para-hydroxylation sites is 1. The summed E-state index contributed by atoms with van der Waals surface area (Å²) >= 11 is 0. The first-order valence-electron chi connectivity index (χ1n) is 8.74. The first-order chi connectivity index (χ1) is 11.2. The van der Waals surface area contributed by atoms with Crippen molar-refractivity contribution in [2.24, 2.45) is 0 Å². The predicted octanol–water partition coefficient (Wildman–Crippen LogP) is 5.90. The van der Waals surface area contributed by atoms with Gasteiger partial charge in [0, 0.05) is 11.7 Å². The Hall–Kier alpha value is -2.03. The van der Waals surface area contributed by atoms with E-state index in [1.165, 1.54) is 37.7 Å². The van der Waals surface area contributed by atoms with Crippen LogP contribution in [-0.2, 0) is 0 Å². The number of unbranched alkanes of at least 4 members (excludes halogenated alkanes) is 3. The molecule has 0 fully saturated rings. The summed E-state index contributed by atoms with van der Waals surface area (Å²) in [5.41, 5.74) is 3.28. The molecule has 2 rings (SSSR count). The molecular formula is C20H29N3. The standard InChI is InChI=1S/C20H29N3/c1-4-5-6-8-11-17(3)22-20-16(2)14-19(15-21-20)23-18-12-9-7-10-13-18/h7,9-10,12-15,17,23H,4-6,8,11H2,1-3H3,(H,21,22). The van der Waals surface area contributed by atoms with Crippen molar-refractivity contribution in [2.75, 3.05) is 10.6 Å². The van der Waals surface area contributed by atoms with Gasteiger partial charge in [0.2, 0.25) is 0 Å². The molecule has 0 amide bonds. The van der Waals surface area contributed by atoms with Crippen molar-refractivity contribution < 1.29 is 0 Å². The fourth-order valence-electron chi connectivity index (χ4n) is 2.67. The fourth-order valence-corrected chi connectivity index (χ4v) is 2.67. The van der Waals surface area contributed by atoms with Crippen molar-refractivity contribution in [2.45, 2.75) is 58.9 Å². The summed E-state index contributed by atoms with van der Waals surface area (Å²) in [4.78, 5) is 4.59. The van der Waals surface area contributed by atoms with E-state index in [1.54, 1.807) is 0 Å². The van der Waals surface area contributed by atoms with Crippen molar-refractivity contribution in [3.63, 3.8) is 0 Å². The highest BCUT2D eigenvalue weighted by Gasteiger charge is 2.06. The van der Waals surface area contributed by atoms with Crippen LogP contribution < -0.4 is 10.6 Å². The molecule has 1 aromatic heterocycles. The number of nitrogens with zero attached hydrogens (tertiary/aromatic N) is 1. The molecule has 1 heterocycles. The Balaban J connectivity index is 1.89. The van der Waals surface area contributed by atoms with Gasteiger partial charge in [-0.1, -0.05) is 50.8 Å². The number of aromatic nitrogens is 1. The SMILES string of the molecule is CCCCCCC(C)Nc1ncc(Nc2ccccc2)cc1C. The highest BCUT2D eigenvalue weighted by atomic mass is 15.0. The molecule has 3 heteroatoms. The van der Waals surface area contributed by atoms with E-state index in [9.17, 15) is 0 Å². The van der Waals surface area contributed by atoms with Crippen LogP contribution in [0.2, 0.25) is 0 Å². The predicted molar refractivity (Wildman–Crippen MR) is 101 cm³/mol. The average Bonchev–Trinajstić information content (AvgIpc) is 2.55. The lowest BCUT2D eigenvalue weighted by atomic mass is 10.1. The molecule has 0 saturated heterocycles. The minimum Gasteiger partial charge on any atom is -0.367 e. The number of benzene rings is 1. The molecule has 23 heavy (non-hydrogen) atoms. The summed E-state index contributed by atoms with van der Waals surface area (Å²) in [7, 11) is 0. The molecule has 0 aliphatic carbocycles. The van der Waals surface area contributed by atoms with E-state index in [0.717, 1.165) is 17.2 Å². The average molecular weight is 311 g/mol. The third kappa shape index (κ3) is 5.93. The lowest BCUT2D eigenvalue weighted by Crippen LogP contribution is -2.16. The summed E-state index contributed by atoms with van der Waals surface area (Å²) in [5, 5.41) is 6.92. The molecule has 0 spiro atoms. The number of anilines is 3. The van der Waals surface area contributed by atoms with Crippen molar-refractivity contribution >= 4 is 17.2 Å². The number of rotatable bonds is 9. The smallest absolute Gasteiger partial charge is 0.129 e. The van der Waals surface area contributed by atoms with Crippen LogP contribution in [0.25, 0.3) is 0 Å². The van der Waals surface area contributed by atoms with E-state index < -0.39 is 0 Å². The molecule has 1 atom stereocenters. The molecule has 1 aromatic carbocycles. The number of hydrogen-bond donors (Lipinski definition) is 2. The van der Waals surface area contributed by atoms with Crippen LogP contribution in [0.5, 0.6) is 0 Å². The maximum Gasteiger partial charge on any atom is 0.129 e. The van der Waals surface area contributed by atoms with Gasteiger partial charge < -0.3 is 10.6 Å². The van der Waals surface area contributed by atoms with Crippen LogP contribution in [0, 0.1) is 6.92 Å².